The molecule has 146 valence electrons. The van der Waals surface area contributed by atoms with Gasteiger partial charge < -0.3 is 10.2 Å². The van der Waals surface area contributed by atoms with Gasteiger partial charge in [-0.2, -0.15) is 0 Å². The molecule has 1 aromatic heterocycles. The van der Waals surface area contributed by atoms with E-state index in [-0.39, 0.29) is 30.4 Å². The highest BCUT2D eigenvalue weighted by Gasteiger charge is 2.22. The standard InChI is InChI=1S/C15H25N5O4S2/c1-3-13-17-18-15(25-13)16-12(21)4-5-14(22)20-8-6-19(7-9-20)10-11-26(2,23)24/h3-11H2,1-2H3,(H,16,18,21). The number of sulfone groups is 1. The summed E-state index contributed by atoms with van der Waals surface area (Å²) in [4.78, 5) is 27.9. The van der Waals surface area contributed by atoms with Crippen LogP contribution in [0.2, 0.25) is 0 Å². The Balaban J connectivity index is 1.67. The minimum atomic E-state index is -2.97. The van der Waals surface area contributed by atoms with Crippen molar-refractivity contribution in [3.63, 3.8) is 0 Å². The third-order valence-electron chi connectivity index (χ3n) is 4.08. The molecule has 1 aliphatic rings. The van der Waals surface area contributed by atoms with Crippen molar-refractivity contribution in [1.82, 2.24) is 20.0 Å². The first kappa shape index (κ1) is 20.7. The number of rotatable bonds is 8. The summed E-state index contributed by atoms with van der Waals surface area (Å²) in [5.41, 5.74) is 0. The summed E-state index contributed by atoms with van der Waals surface area (Å²) in [6.45, 7) is 4.87. The third kappa shape index (κ3) is 6.96. The highest BCUT2D eigenvalue weighted by Crippen LogP contribution is 2.16. The first-order valence-electron chi connectivity index (χ1n) is 8.57. The van der Waals surface area contributed by atoms with Gasteiger partial charge in [0.15, 0.2) is 0 Å². The van der Waals surface area contributed by atoms with Gasteiger partial charge in [0, 0.05) is 51.8 Å². The Labute approximate surface area is 157 Å². The summed E-state index contributed by atoms with van der Waals surface area (Å²) in [6.07, 6.45) is 2.24. The number of aryl methyl sites for hydroxylation is 1. The molecular formula is C15H25N5O4S2. The molecule has 1 saturated heterocycles. The molecule has 0 radical (unpaired) electrons. The van der Waals surface area contributed by atoms with Crippen LogP contribution in [0.1, 0.15) is 24.8 Å². The number of carbonyl (C=O) groups is 2. The van der Waals surface area contributed by atoms with Crippen LogP contribution < -0.4 is 5.32 Å². The lowest BCUT2D eigenvalue weighted by atomic mass is 10.2. The van der Waals surface area contributed by atoms with E-state index < -0.39 is 9.84 Å². The maximum Gasteiger partial charge on any atom is 0.226 e. The number of hydrogen-bond acceptors (Lipinski definition) is 8. The van der Waals surface area contributed by atoms with Crippen LogP contribution >= 0.6 is 11.3 Å². The molecule has 0 unspecified atom stereocenters. The Morgan fingerprint density at radius 2 is 1.85 bits per heavy atom. The summed E-state index contributed by atoms with van der Waals surface area (Å²) in [5.74, 6) is -0.176. The van der Waals surface area contributed by atoms with E-state index in [1.807, 2.05) is 11.8 Å². The molecule has 26 heavy (non-hydrogen) atoms. The van der Waals surface area contributed by atoms with E-state index in [4.69, 9.17) is 0 Å². The molecule has 0 aliphatic carbocycles. The minimum Gasteiger partial charge on any atom is -0.340 e. The fourth-order valence-electron chi connectivity index (χ4n) is 2.52. The Bertz CT molecular complexity index is 726. The maximum atomic E-state index is 12.2. The van der Waals surface area contributed by atoms with Gasteiger partial charge in [0.25, 0.3) is 0 Å². The van der Waals surface area contributed by atoms with Crippen molar-refractivity contribution in [1.29, 1.82) is 0 Å². The van der Waals surface area contributed by atoms with Crippen molar-refractivity contribution in [2.45, 2.75) is 26.2 Å². The number of amides is 2. The normalized spacial score (nSPS) is 15.8. The van der Waals surface area contributed by atoms with Gasteiger partial charge in [-0.05, 0) is 6.42 Å². The first-order valence-corrected chi connectivity index (χ1v) is 11.4. The van der Waals surface area contributed by atoms with E-state index >= 15 is 0 Å². The SMILES string of the molecule is CCc1nnc(NC(=O)CCC(=O)N2CCN(CCS(C)(=O)=O)CC2)s1. The molecule has 0 saturated carbocycles. The zero-order valence-electron chi connectivity index (χ0n) is 15.1. The van der Waals surface area contributed by atoms with Crippen LogP contribution in [0.25, 0.3) is 0 Å². The molecule has 1 aromatic rings. The lowest BCUT2D eigenvalue weighted by Crippen LogP contribution is -2.49. The van der Waals surface area contributed by atoms with Gasteiger partial charge in [-0.25, -0.2) is 8.42 Å². The Morgan fingerprint density at radius 1 is 1.15 bits per heavy atom. The quantitative estimate of drug-likeness (QED) is 0.650. The van der Waals surface area contributed by atoms with Crippen molar-refractivity contribution in [2.24, 2.45) is 0 Å². The Morgan fingerprint density at radius 3 is 2.42 bits per heavy atom. The second kappa shape index (κ2) is 9.38. The summed E-state index contributed by atoms with van der Waals surface area (Å²) in [7, 11) is -2.97. The summed E-state index contributed by atoms with van der Waals surface area (Å²) >= 11 is 1.33. The van der Waals surface area contributed by atoms with E-state index in [0.29, 0.717) is 37.9 Å². The topological polar surface area (TPSA) is 113 Å². The number of hydrogen-bond donors (Lipinski definition) is 1. The van der Waals surface area contributed by atoms with E-state index in [1.54, 1.807) is 4.90 Å². The van der Waals surface area contributed by atoms with Crippen molar-refractivity contribution in [2.75, 3.05) is 50.0 Å². The van der Waals surface area contributed by atoms with Gasteiger partial charge in [-0.1, -0.05) is 18.3 Å². The number of nitrogens with one attached hydrogen (secondary N) is 1. The monoisotopic (exact) mass is 403 g/mol. The average Bonchev–Trinajstić information content (AvgIpc) is 3.05. The lowest BCUT2D eigenvalue weighted by Gasteiger charge is -2.34. The number of aromatic nitrogens is 2. The van der Waals surface area contributed by atoms with E-state index in [0.717, 1.165) is 11.4 Å². The Kier molecular flexibility index (Phi) is 7.47. The van der Waals surface area contributed by atoms with Crippen molar-refractivity contribution in [3.8, 4) is 0 Å². The minimum absolute atomic E-state index is 0.0607. The number of carbonyl (C=O) groups excluding carboxylic acids is 2. The molecule has 0 atom stereocenters. The smallest absolute Gasteiger partial charge is 0.226 e. The van der Waals surface area contributed by atoms with Crippen LogP contribution in [0.15, 0.2) is 0 Å². The van der Waals surface area contributed by atoms with Gasteiger partial charge >= 0.3 is 0 Å². The molecule has 0 aromatic carbocycles. The second-order valence-electron chi connectivity index (χ2n) is 6.25. The van der Waals surface area contributed by atoms with Crippen LogP contribution in [0.3, 0.4) is 0 Å². The summed E-state index contributed by atoms with van der Waals surface area (Å²) in [5, 5.41) is 11.8. The predicted molar refractivity (Wildman–Crippen MR) is 99.9 cm³/mol. The fourth-order valence-corrected chi connectivity index (χ4v) is 3.81. The van der Waals surface area contributed by atoms with E-state index in [2.05, 4.69) is 15.5 Å². The fraction of sp³-hybridized carbons (Fsp3) is 0.733. The van der Waals surface area contributed by atoms with Crippen molar-refractivity contribution < 1.29 is 18.0 Å². The number of nitrogens with zero attached hydrogens (tertiary/aromatic N) is 4. The van der Waals surface area contributed by atoms with E-state index in [9.17, 15) is 18.0 Å². The zero-order chi connectivity index (χ0) is 19.2. The van der Waals surface area contributed by atoms with Gasteiger partial charge in [-0.3, -0.25) is 14.5 Å². The lowest BCUT2D eigenvalue weighted by molar-refractivity contribution is -0.134. The molecule has 0 spiro atoms. The van der Waals surface area contributed by atoms with Crippen LogP contribution in [-0.2, 0) is 25.8 Å². The molecule has 1 aliphatic heterocycles. The second-order valence-corrected chi connectivity index (χ2v) is 9.58. The van der Waals surface area contributed by atoms with E-state index in [1.165, 1.54) is 17.6 Å². The molecule has 1 N–H and O–H groups in total. The molecule has 11 heteroatoms. The maximum absolute atomic E-state index is 12.2. The first-order chi connectivity index (χ1) is 12.3. The average molecular weight is 404 g/mol. The van der Waals surface area contributed by atoms with Gasteiger partial charge in [0.2, 0.25) is 16.9 Å². The zero-order valence-corrected chi connectivity index (χ0v) is 16.7. The predicted octanol–water partition coefficient (Wildman–Crippen LogP) is 0.00800. The Hall–Kier alpha value is -1.59. The molecule has 1 fully saturated rings. The highest BCUT2D eigenvalue weighted by atomic mass is 32.2. The number of piperazine rings is 1. The van der Waals surface area contributed by atoms with Crippen LogP contribution in [0.5, 0.6) is 0 Å². The largest absolute Gasteiger partial charge is 0.340 e. The molecular weight excluding hydrogens is 378 g/mol. The molecule has 2 amide bonds. The van der Waals surface area contributed by atoms with Crippen LogP contribution in [0.4, 0.5) is 5.13 Å². The van der Waals surface area contributed by atoms with Crippen LogP contribution in [0, 0.1) is 0 Å². The van der Waals surface area contributed by atoms with Crippen molar-refractivity contribution >= 4 is 38.1 Å². The third-order valence-corrected chi connectivity index (χ3v) is 5.99. The van der Waals surface area contributed by atoms with Crippen molar-refractivity contribution in [3.05, 3.63) is 5.01 Å². The van der Waals surface area contributed by atoms with Gasteiger partial charge in [0.05, 0.1) is 5.75 Å². The molecule has 2 heterocycles. The highest BCUT2D eigenvalue weighted by molar-refractivity contribution is 7.90. The molecule has 2 rings (SSSR count). The molecule has 9 nitrogen and oxygen atoms in total. The van der Waals surface area contributed by atoms with Crippen LogP contribution in [-0.4, -0.2) is 85.0 Å². The van der Waals surface area contributed by atoms with Gasteiger partial charge in [0.1, 0.15) is 14.8 Å². The summed E-state index contributed by atoms with van der Waals surface area (Å²) in [6, 6.07) is 0. The number of anilines is 1. The summed E-state index contributed by atoms with van der Waals surface area (Å²) < 4.78 is 22.4. The molecule has 0 bridgehead atoms. The van der Waals surface area contributed by atoms with Gasteiger partial charge in [-0.15, -0.1) is 10.2 Å².